The lowest BCUT2D eigenvalue weighted by atomic mass is 9.97. The fourth-order valence-electron chi connectivity index (χ4n) is 2.85. The molecule has 0 aromatic carbocycles. The highest BCUT2D eigenvalue weighted by atomic mass is 16.6. The fraction of sp³-hybridized carbons (Fsp3) is 0.667. The molecule has 0 saturated carbocycles. The summed E-state index contributed by atoms with van der Waals surface area (Å²) in [5.41, 5.74) is 1.73. The van der Waals surface area contributed by atoms with E-state index < -0.39 is 5.60 Å². The molecule has 0 bridgehead atoms. The number of aryl methyl sites for hydroxylation is 1. The molecule has 5 heteroatoms. The molecule has 1 saturated heterocycles. The number of rotatable bonds is 3. The average Bonchev–Trinajstić information content (AvgIpc) is 2.46. The number of likely N-dealkylation sites (tertiary alicyclic amines) is 1. The summed E-state index contributed by atoms with van der Waals surface area (Å²) in [7, 11) is 0. The van der Waals surface area contributed by atoms with Crippen LogP contribution in [-0.2, 0) is 11.3 Å². The van der Waals surface area contributed by atoms with Gasteiger partial charge in [0.15, 0.2) is 0 Å². The van der Waals surface area contributed by atoms with Gasteiger partial charge in [-0.3, -0.25) is 4.98 Å². The van der Waals surface area contributed by atoms with E-state index in [0.29, 0.717) is 0 Å². The number of hydrogen-bond donors (Lipinski definition) is 1. The van der Waals surface area contributed by atoms with Crippen LogP contribution in [0.3, 0.4) is 0 Å². The lowest BCUT2D eigenvalue weighted by molar-refractivity contribution is 0.00698. The van der Waals surface area contributed by atoms with Gasteiger partial charge in [-0.2, -0.15) is 0 Å². The number of carbonyl (C=O) groups is 1. The second-order valence-corrected chi connectivity index (χ2v) is 7.35. The summed E-state index contributed by atoms with van der Waals surface area (Å²) >= 11 is 0. The van der Waals surface area contributed by atoms with Crippen LogP contribution in [0.5, 0.6) is 0 Å². The maximum atomic E-state index is 12.3. The van der Waals surface area contributed by atoms with Gasteiger partial charge in [0.05, 0.1) is 0 Å². The number of ether oxygens (including phenoxy) is 1. The molecule has 128 valence electrons. The molecule has 2 unspecified atom stereocenters. The molecule has 2 rings (SSSR count). The van der Waals surface area contributed by atoms with E-state index in [0.717, 1.165) is 37.2 Å². The van der Waals surface area contributed by atoms with E-state index in [1.165, 1.54) is 0 Å². The summed E-state index contributed by atoms with van der Waals surface area (Å²) in [6.07, 6.45) is 3.75. The monoisotopic (exact) mass is 319 g/mol. The van der Waals surface area contributed by atoms with Crippen LogP contribution in [0.2, 0.25) is 0 Å². The number of carbonyl (C=O) groups excluding carboxylic acids is 1. The topological polar surface area (TPSA) is 54.5 Å². The quantitative estimate of drug-likeness (QED) is 0.929. The Morgan fingerprint density at radius 2 is 2.17 bits per heavy atom. The number of hydrogen-bond acceptors (Lipinski definition) is 4. The van der Waals surface area contributed by atoms with Gasteiger partial charge in [0.25, 0.3) is 0 Å². The first-order valence-corrected chi connectivity index (χ1v) is 8.41. The Bertz CT molecular complexity index is 522. The van der Waals surface area contributed by atoms with Gasteiger partial charge in [0, 0.05) is 37.1 Å². The first-order valence-electron chi connectivity index (χ1n) is 8.41. The highest BCUT2D eigenvalue weighted by molar-refractivity contribution is 5.68. The molecule has 1 fully saturated rings. The molecule has 0 radical (unpaired) electrons. The molecule has 0 aliphatic carbocycles. The lowest BCUT2D eigenvalue weighted by Crippen LogP contribution is -2.55. The van der Waals surface area contributed by atoms with Gasteiger partial charge in [-0.1, -0.05) is 6.07 Å². The summed E-state index contributed by atoms with van der Waals surface area (Å²) in [4.78, 5) is 18.5. The summed E-state index contributed by atoms with van der Waals surface area (Å²) < 4.78 is 5.52. The smallest absolute Gasteiger partial charge is 0.410 e. The van der Waals surface area contributed by atoms with Crippen molar-refractivity contribution in [3.63, 3.8) is 0 Å². The average molecular weight is 319 g/mol. The SMILES string of the molecule is Cc1ccc(CNC2CCCN(C(=O)OC(C)(C)C)C2C)cn1. The zero-order valence-corrected chi connectivity index (χ0v) is 14.9. The maximum absolute atomic E-state index is 12.3. The van der Waals surface area contributed by atoms with Crippen molar-refractivity contribution in [3.8, 4) is 0 Å². The number of nitrogens with one attached hydrogen (secondary N) is 1. The molecule has 2 heterocycles. The van der Waals surface area contributed by atoms with Crippen molar-refractivity contribution in [2.45, 2.75) is 71.7 Å². The van der Waals surface area contributed by atoms with Gasteiger partial charge in [-0.15, -0.1) is 0 Å². The zero-order chi connectivity index (χ0) is 17.0. The third-order valence-electron chi connectivity index (χ3n) is 4.16. The second kappa shape index (κ2) is 7.30. The fourth-order valence-corrected chi connectivity index (χ4v) is 2.85. The molecular weight excluding hydrogens is 290 g/mol. The van der Waals surface area contributed by atoms with Crippen LogP contribution in [0.4, 0.5) is 4.79 Å². The summed E-state index contributed by atoms with van der Waals surface area (Å²) in [6.45, 7) is 11.3. The molecule has 1 N–H and O–H groups in total. The summed E-state index contributed by atoms with van der Waals surface area (Å²) in [6, 6.07) is 4.51. The van der Waals surface area contributed by atoms with Crippen LogP contribution in [0.1, 0.15) is 51.8 Å². The third-order valence-corrected chi connectivity index (χ3v) is 4.16. The van der Waals surface area contributed by atoms with Crippen LogP contribution < -0.4 is 5.32 Å². The van der Waals surface area contributed by atoms with Crippen LogP contribution in [0, 0.1) is 6.92 Å². The van der Waals surface area contributed by atoms with Crippen molar-refractivity contribution in [2.24, 2.45) is 0 Å². The van der Waals surface area contributed by atoms with Crippen LogP contribution in [-0.4, -0.2) is 40.2 Å². The Kier molecular flexibility index (Phi) is 5.63. The summed E-state index contributed by atoms with van der Waals surface area (Å²) in [5.74, 6) is 0. The molecule has 23 heavy (non-hydrogen) atoms. The largest absolute Gasteiger partial charge is 0.444 e. The van der Waals surface area contributed by atoms with Crippen molar-refractivity contribution in [3.05, 3.63) is 29.6 Å². The maximum Gasteiger partial charge on any atom is 0.410 e. The molecule has 1 aromatic rings. The Labute approximate surface area is 139 Å². The normalized spacial score (nSPS) is 22.0. The molecule has 1 amide bonds. The highest BCUT2D eigenvalue weighted by Crippen LogP contribution is 2.21. The van der Waals surface area contributed by atoms with Gasteiger partial charge >= 0.3 is 6.09 Å². The van der Waals surface area contributed by atoms with Gasteiger partial charge < -0.3 is 15.0 Å². The molecule has 5 nitrogen and oxygen atoms in total. The van der Waals surface area contributed by atoms with Gasteiger partial charge in [0.1, 0.15) is 5.60 Å². The van der Waals surface area contributed by atoms with E-state index in [1.807, 2.05) is 44.9 Å². The van der Waals surface area contributed by atoms with Crippen molar-refractivity contribution >= 4 is 6.09 Å². The first kappa shape index (κ1) is 17.7. The van der Waals surface area contributed by atoms with Crippen molar-refractivity contribution in [1.29, 1.82) is 0 Å². The predicted molar refractivity (Wildman–Crippen MR) is 91.2 cm³/mol. The number of piperidine rings is 1. The van der Waals surface area contributed by atoms with Gasteiger partial charge in [-0.25, -0.2) is 4.79 Å². The van der Waals surface area contributed by atoms with E-state index in [2.05, 4.69) is 23.3 Å². The Balaban J connectivity index is 1.92. The number of pyridine rings is 1. The highest BCUT2D eigenvalue weighted by Gasteiger charge is 2.33. The lowest BCUT2D eigenvalue weighted by Gasteiger charge is -2.40. The van der Waals surface area contributed by atoms with Crippen molar-refractivity contribution < 1.29 is 9.53 Å². The molecule has 2 atom stereocenters. The Hall–Kier alpha value is -1.62. The van der Waals surface area contributed by atoms with E-state index in [1.54, 1.807) is 0 Å². The van der Waals surface area contributed by atoms with Crippen LogP contribution in [0.15, 0.2) is 18.3 Å². The molecular formula is C18H29N3O2. The van der Waals surface area contributed by atoms with Gasteiger partial charge in [0.2, 0.25) is 0 Å². The summed E-state index contributed by atoms with van der Waals surface area (Å²) in [5, 5.41) is 3.57. The minimum atomic E-state index is -0.454. The first-order chi connectivity index (χ1) is 10.8. The third kappa shape index (κ3) is 5.20. The minimum Gasteiger partial charge on any atom is -0.444 e. The molecule has 1 aliphatic rings. The van der Waals surface area contributed by atoms with Crippen LogP contribution >= 0.6 is 0 Å². The second-order valence-electron chi connectivity index (χ2n) is 7.35. The Morgan fingerprint density at radius 3 is 2.78 bits per heavy atom. The Morgan fingerprint density at radius 1 is 1.43 bits per heavy atom. The molecule has 1 aromatic heterocycles. The van der Waals surface area contributed by atoms with E-state index in [4.69, 9.17) is 4.74 Å². The molecule has 0 spiro atoms. The van der Waals surface area contributed by atoms with Crippen LogP contribution in [0.25, 0.3) is 0 Å². The van der Waals surface area contributed by atoms with Gasteiger partial charge in [-0.05, 0) is 59.1 Å². The zero-order valence-electron chi connectivity index (χ0n) is 14.9. The van der Waals surface area contributed by atoms with E-state index in [9.17, 15) is 4.79 Å². The number of amides is 1. The van der Waals surface area contributed by atoms with E-state index in [-0.39, 0.29) is 18.2 Å². The standard InChI is InChI=1S/C18H29N3O2/c1-13-8-9-15(11-19-13)12-20-16-7-6-10-21(14(16)2)17(22)23-18(3,4)5/h8-9,11,14,16,20H,6-7,10,12H2,1-5H3. The number of aromatic nitrogens is 1. The molecule has 1 aliphatic heterocycles. The van der Waals surface area contributed by atoms with E-state index >= 15 is 0 Å². The van der Waals surface area contributed by atoms with Crippen molar-refractivity contribution in [2.75, 3.05) is 6.54 Å². The van der Waals surface area contributed by atoms with Crippen molar-refractivity contribution in [1.82, 2.24) is 15.2 Å². The predicted octanol–water partition coefficient (Wildman–Crippen LogP) is 3.27. The minimum absolute atomic E-state index is 0.122. The number of nitrogens with zero attached hydrogens (tertiary/aromatic N) is 2.